The Morgan fingerprint density at radius 1 is 0.480 bits per heavy atom. The first kappa shape index (κ1) is 34.6. The van der Waals surface area contributed by atoms with Crippen LogP contribution in [0.15, 0.2) is 109 Å². The molecule has 0 radical (unpaired) electrons. The Labute approximate surface area is 293 Å². The van der Waals surface area contributed by atoms with Crippen molar-refractivity contribution in [3.8, 4) is 39.8 Å². The third-order valence-electron chi connectivity index (χ3n) is 9.01. The Balaban J connectivity index is 1.17. The molecule has 6 rings (SSSR count). The normalized spacial score (nSPS) is 11.0. The highest BCUT2D eigenvalue weighted by Crippen LogP contribution is 2.32. The van der Waals surface area contributed by atoms with E-state index >= 15 is 8.78 Å². The first-order chi connectivity index (χ1) is 24.3. The maximum Gasteiger partial charge on any atom is 0.142 e. The molecule has 252 valence electrons. The van der Waals surface area contributed by atoms with Gasteiger partial charge in [0.1, 0.15) is 28.8 Å². The molecule has 0 amide bonds. The molecule has 6 aromatic carbocycles. The molecule has 0 unspecified atom stereocenters. The molecular weight excluding hydrogens is 625 g/mol. The minimum Gasteiger partial charge on any atom is -0.492 e. The van der Waals surface area contributed by atoms with Crippen LogP contribution in [0.3, 0.4) is 0 Å². The summed E-state index contributed by atoms with van der Waals surface area (Å²) in [5.74, 6) is 4.64. The standard InChI is InChI=1S/C46H41F3O/c1-4-7-31-9-11-32(12-10-31)13-14-33-15-18-37-29-38(20-19-36(37)25-33)41-24-21-39(30-45(41)49)40-22-16-34(26-43(40)47)17-23-42-44(48)27-35(8-5-2)28-46(42)50-6-3/h9-12,15-16,18-22,24-30H,4-8,13-14H2,1-3H3. The zero-order valence-corrected chi connectivity index (χ0v) is 28.9. The van der Waals surface area contributed by atoms with Crippen molar-refractivity contribution in [2.45, 2.75) is 59.3 Å². The quantitative estimate of drug-likeness (QED) is 0.125. The van der Waals surface area contributed by atoms with Gasteiger partial charge in [-0.2, -0.15) is 0 Å². The van der Waals surface area contributed by atoms with E-state index in [9.17, 15) is 4.39 Å². The van der Waals surface area contributed by atoms with Crippen LogP contribution in [-0.2, 0) is 25.7 Å². The van der Waals surface area contributed by atoms with Crippen molar-refractivity contribution in [1.29, 1.82) is 0 Å². The van der Waals surface area contributed by atoms with Crippen molar-refractivity contribution in [3.05, 3.63) is 160 Å². The Morgan fingerprint density at radius 2 is 1.06 bits per heavy atom. The largest absolute Gasteiger partial charge is 0.492 e. The lowest BCUT2D eigenvalue weighted by Crippen LogP contribution is -1.99. The summed E-state index contributed by atoms with van der Waals surface area (Å²) in [5, 5.41) is 2.14. The number of halogens is 3. The molecule has 0 fully saturated rings. The molecule has 4 heteroatoms. The summed E-state index contributed by atoms with van der Waals surface area (Å²) in [7, 11) is 0. The van der Waals surface area contributed by atoms with Gasteiger partial charge in [-0.25, -0.2) is 13.2 Å². The van der Waals surface area contributed by atoms with Crippen LogP contribution >= 0.6 is 0 Å². The first-order valence-corrected chi connectivity index (χ1v) is 17.5. The summed E-state index contributed by atoms with van der Waals surface area (Å²) in [6, 6.07) is 33.9. The molecule has 0 aliphatic rings. The molecule has 0 spiro atoms. The molecule has 0 N–H and O–H groups in total. The van der Waals surface area contributed by atoms with Crippen LogP contribution in [0, 0.1) is 29.3 Å². The molecule has 0 aliphatic carbocycles. The van der Waals surface area contributed by atoms with Gasteiger partial charge in [-0.3, -0.25) is 0 Å². The van der Waals surface area contributed by atoms with Crippen molar-refractivity contribution < 1.29 is 17.9 Å². The van der Waals surface area contributed by atoms with Gasteiger partial charge in [0.05, 0.1) is 6.61 Å². The fourth-order valence-corrected chi connectivity index (χ4v) is 6.41. The van der Waals surface area contributed by atoms with E-state index in [0.29, 0.717) is 29.0 Å². The number of hydrogen-bond acceptors (Lipinski definition) is 1. The fraction of sp³-hybridized carbons (Fsp3) is 0.217. The lowest BCUT2D eigenvalue weighted by Gasteiger charge is -2.10. The predicted molar refractivity (Wildman–Crippen MR) is 200 cm³/mol. The van der Waals surface area contributed by atoms with E-state index in [1.54, 1.807) is 24.3 Å². The van der Waals surface area contributed by atoms with Crippen LogP contribution in [0.5, 0.6) is 5.75 Å². The molecule has 0 saturated heterocycles. The van der Waals surface area contributed by atoms with Crippen LogP contribution < -0.4 is 4.74 Å². The van der Waals surface area contributed by atoms with Crippen molar-refractivity contribution in [2.24, 2.45) is 0 Å². The molecule has 6 aromatic rings. The Kier molecular flexibility index (Phi) is 11.0. The van der Waals surface area contributed by atoms with Crippen LogP contribution in [0.2, 0.25) is 0 Å². The number of aryl methyl sites for hydroxylation is 4. The van der Waals surface area contributed by atoms with Gasteiger partial charge in [-0.15, -0.1) is 0 Å². The zero-order valence-electron chi connectivity index (χ0n) is 28.9. The van der Waals surface area contributed by atoms with Gasteiger partial charge < -0.3 is 4.74 Å². The van der Waals surface area contributed by atoms with E-state index in [-0.39, 0.29) is 11.1 Å². The van der Waals surface area contributed by atoms with Crippen molar-refractivity contribution >= 4 is 10.8 Å². The van der Waals surface area contributed by atoms with Crippen LogP contribution in [0.4, 0.5) is 13.2 Å². The van der Waals surface area contributed by atoms with Gasteiger partial charge in [0, 0.05) is 16.7 Å². The highest BCUT2D eigenvalue weighted by molar-refractivity contribution is 5.88. The van der Waals surface area contributed by atoms with Crippen LogP contribution in [0.25, 0.3) is 33.0 Å². The summed E-state index contributed by atoms with van der Waals surface area (Å²) >= 11 is 0. The number of benzene rings is 6. The number of hydrogen-bond donors (Lipinski definition) is 0. The molecule has 0 heterocycles. The monoisotopic (exact) mass is 666 g/mol. The molecule has 0 aromatic heterocycles. The van der Waals surface area contributed by atoms with Crippen molar-refractivity contribution in [1.82, 2.24) is 0 Å². The summed E-state index contributed by atoms with van der Waals surface area (Å²) in [6.07, 6.45) is 5.81. The van der Waals surface area contributed by atoms with Gasteiger partial charge >= 0.3 is 0 Å². The Hall–Kier alpha value is -5.27. The molecule has 0 aliphatic heterocycles. The third-order valence-corrected chi connectivity index (χ3v) is 9.01. The lowest BCUT2D eigenvalue weighted by molar-refractivity contribution is 0.336. The number of fused-ring (bicyclic) bond motifs is 1. The number of ether oxygens (including phenoxy) is 1. The van der Waals surface area contributed by atoms with Gasteiger partial charge in [-0.1, -0.05) is 111 Å². The molecule has 1 nitrogen and oxygen atoms in total. The average Bonchev–Trinajstić information content (AvgIpc) is 3.11. The van der Waals surface area contributed by atoms with E-state index in [4.69, 9.17) is 4.74 Å². The fourth-order valence-electron chi connectivity index (χ4n) is 6.41. The van der Waals surface area contributed by atoms with E-state index in [1.165, 1.54) is 34.9 Å². The molecule has 0 atom stereocenters. The second kappa shape index (κ2) is 16.0. The zero-order chi connectivity index (χ0) is 35.0. The van der Waals surface area contributed by atoms with E-state index in [1.807, 2.05) is 38.1 Å². The summed E-state index contributed by atoms with van der Waals surface area (Å²) in [4.78, 5) is 0. The predicted octanol–water partition coefficient (Wildman–Crippen LogP) is 12.1. The smallest absolute Gasteiger partial charge is 0.142 e. The van der Waals surface area contributed by atoms with Gasteiger partial charge in [0.15, 0.2) is 0 Å². The second-order valence-corrected chi connectivity index (χ2v) is 12.7. The van der Waals surface area contributed by atoms with E-state index in [0.717, 1.165) is 60.4 Å². The molecule has 50 heavy (non-hydrogen) atoms. The lowest BCUT2D eigenvalue weighted by atomic mass is 9.95. The van der Waals surface area contributed by atoms with Crippen molar-refractivity contribution in [2.75, 3.05) is 6.61 Å². The summed E-state index contributed by atoms with van der Waals surface area (Å²) in [6.45, 7) is 6.43. The molecule has 0 bridgehead atoms. The SMILES string of the molecule is CCCc1ccc(CCc2ccc3cc(-c4ccc(-c5ccc(C#Cc6c(F)cc(CCC)cc6OCC)cc5F)cc4F)ccc3c2)cc1. The maximum absolute atomic E-state index is 15.6. The van der Waals surface area contributed by atoms with Gasteiger partial charge in [-0.05, 0) is 113 Å². The van der Waals surface area contributed by atoms with E-state index in [2.05, 4.69) is 61.2 Å². The average molecular weight is 667 g/mol. The third kappa shape index (κ3) is 8.12. The molecule has 0 saturated carbocycles. The highest BCUT2D eigenvalue weighted by Gasteiger charge is 2.13. The maximum atomic E-state index is 15.6. The number of rotatable bonds is 11. The van der Waals surface area contributed by atoms with Crippen molar-refractivity contribution in [3.63, 3.8) is 0 Å². The van der Waals surface area contributed by atoms with Gasteiger partial charge in [0.2, 0.25) is 0 Å². The van der Waals surface area contributed by atoms with E-state index < -0.39 is 17.5 Å². The first-order valence-electron chi connectivity index (χ1n) is 17.5. The second-order valence-electron chi connectivity index (χ2n) is 12.7. The Morgan fingerprint density at radius 3 is 1.76 bits per heavy atom. The Bertz CT molecular complexity index is 2190. The summed E-state index contributed by atoms with van der Waals surface area (Å²) < 4.78 is 51.5. The topological polar surface area (TPSA) is 9.23 Å². The molecular formula is C46H41F3O. The minimum absolute atomic E-state index is 0.145. The van der Waals surface area contributed by atoms with Gasteiger partial charge in [0.25, 0.3) is 0 Å². The summed E-state index contributed by atoms with van der Waals surface area (Å²) in [5.41, 5.74) is 7.24. The van der Waals surface area contributed by atoms with Crippen LogP contribution in [-0.4, -0.2) is 6.61 Å². The van der Waals surface area contributed by atoms with Crippen LogP contribution in [0.1, 0.15) is 67.0 Å². The minimum atomic E-state index is -0.539. The highest BCUT2D eigenvalue weighted by atomic mass is 19.1.